The van der Waals surface area contributed by atoms with Crippen molar-refractivity contribution in [1.82, 2.24) is 15.2 Å². The van der Waals surface area contributed by atoms with Gasteiger partial charge in [-0.1, -0.05) is 29.8 Å². The summed E-state index contributed by atoms with van der Waals surface area (Å²) in [6.07, 6.45) is 3.38. The lowest BCUT2D eigenvalue weighted by Gasteiger charge is -2.32. The second-order valence-electron chi connectivity index (χ2n) is 8.97. The van der Waals surface area contributed by atoms with E-state index in [9.17, 15) is 4.79 Å². The Hall–Kier alpha value is -3.09. The summed E-state index contributed by atoms with van der Waals surface area (Å²) in [7, 11) is 3.32. The van der Waals surface area contributed by atoms with Crippen molar-refractivity contribution in [1.29, 1.82) is 0 Å². The van der Waals surface area contributed by atoms with Crippen LogP contribution >= 0.6 is 11.6 Å². The van der Waals surface area contributed by atoms with E-state index in [-0.39, 0.29) is 17.9 Å². The molecule has 4 rings (SSSR count). The number of nitrogens with zero attached hydrogens (tertiary/aromatic N) is 2. The Balaban J connectivity index is 1.41. The Kier molecular flexibility index (Phi) is 8.26. The molecule has 1 aliphatic rings. The zero-order valence-corrected chi connectivity index (χ0v) is 21.2. The van der Waals surface area contributed by atoms with E-state index in [0.717, 1.165) is 66.4 Å². The van der Waals surface area contributed by atoms with Crippen molar-refractivity contribution in [2.45, 2.75) is 32.4 Å². The highest BCUT2D eigenvalue weighted by Gasteiger charge is 2.28. The molecule has 0 aliphatic carbocycles. The summed E-state index contributed by atoms with van der Waals surface area (Å²) in [5, 5.41) is 3.94. The van der Waals surface area contributed by atoms with Crippen molar-refractivity contribution in [3.05, 3.63) is 88.2 Å². The highest BCUT2D eigenvalue weighted by atomic mass is 35.5. The number of piperidine rings is 1. The molecule has 1 N–H and O–H groups in total. The highest BCUT2D eigenvalue weighted by Crippen LogP contribution is 2.28. The molecule has 2 heterocycles. The minimum atomic E-state index is -0.316. The van der Waals surface area contributed by atoms with Crippen molar-refractivity contribution >= 4 is 17.5 Å². The van der Waals surface area contributed by atoms with Crippen molar-refractivity contribution in [3.8, 4) is 11.5 Å². The molecule has 1 atom stereocenters. The van der Waals surface area contributed by atoms with Gasteiger partial charge in [0.2, 0.25) is 5.91 Å². The topological polar surface area (TPSA) is 63.7 Å². The lowest BCUT2D eigenvalue weighted by molar-refractivity contribution is -0.127. The molecule has 0 spiro atoms. The summed E-state index contributed by atoms with van der Waals surface area (Å²) in [6.45, 7) is 4.52. The van der Waals surface area contributed by atoms with Gasteiger partial charge in [0.25, 0.3) is 0 Å². The fourth-order valence-electron chi connectivity index (χ4n) is 4.59. The molecule has 6 nitrogen and oxygen atoms in total. The van der Waals surface area contributed by atoms with Crippen molar-refractivity contribution in [2.75, 3.05) is 27.3 Å². The smallest absolute Gasteiger partial charge is 0.224 e. The number of halogens is 1. The van der Waals surface area contributed by atoms with E-state index in [0.29, 0.717) is 5.02 Å². The van der Waals surface area contributed by atoms with E-state index in [4.69, 9.17) is 21.1 Å². The standard InChI is InChI=1S/C28H32ClN3O3/c1-19-5-4-12-30-26(19)27(21-6-8-23(29)9-7-21)31-28(33)22-10-13-32(14-11-22)18-20-15-24(34-2)17-25(16-20)35-3/h4-9,12,15-17,22,27H,10-11,13-14,18H2,1-3H3,(H,31,33). The average Bonchev–Trinajstić information content (AvgIpc) is 2.88. The Labute approximate surface area is 212 Å². The van der Waals surface area contributed by atoms with E-state index < -0.39 is 0 Å². The van der Waals surface area contributed by atoms with Gasteiger partial charge in [0, 0.05) is 29.7 Å². The third kappa shape index (κ3) is 6.32. The summed E-state index contributed by atoms with van der Waals surface area (Å²) in [5.41, 5.74) is 4.00. The predicted octanol–water partition coefficient (Wildman–Crippen LogP) is 5.18. The number of aryl methyl sites for hydroxylation is 1. The molecule has 1 fully saturated rings. The number of amides is 1. The van der Waals surface area contributed by atoms with Crippen LogP contribution in [-0.2, 0) is 11.3 Å². The maximum atomic E-state index is 13.3. The Morgan fingerprint density at radius 3 is 2.34 bits per heavy atom. The van der Waals surface area contributed by atoms with Gasteiger partial charge < -0.3 is 14.8 Å². The number of methoxy groups -OCH3 is 2. The van der Waals surface area contributed by atoms with Crippen molar-refractivity contribution in [3.63, 3.8) is 0 Å². The molecular formula is C28H32ClN3O3. The third-order valence-electron chi connectivity index (χ3n) is 6.59. The van der Waals surface area contributed by atoms with Crippen LogP contribution < -0.4 is 14.8 Å². The zero-order valence-electron chi connectivity index (χ0n) is 20.5. The number of nitrogens with one attached hydrogen (secondary N) is 1. The molecule has 0 saturated carbocycles. The molecule has 35 heavy (non-hydrogen) atoms. The number of pyridine rings is 1. The largest absolute Gasteiger partial charge is 0.497 e. The highest BCUT2D eigenvalue weighted by molar-refractivity contribution is 6.30. The van der Waals surface area contributed by atoms with E-state index in [1.54, 1.807) is 20.4 Å². The second kappa shape index (κ2) is 11.6. The number of benzene rings is 2. The number of aromatic nitrogens is 1. The van der Waals surface area contributed by atoms with E-state index in [1.165, 1.54) is 0 Å². The maximum Gasteiger partial charge on any atom is 0.224 e. The Bertz CT molecular complexity index is 1120. The van der Waals surface area contributed by atoms with Gasteiger partial charge in [0.15, 0.2) is 0 Å². The third-order valence-corrected chi connectivity index (χ3v) is 6.84. The maximum absolute atomic E-state index is 13.3. The van der Waals surface area contributed by atoms with Crippen LogP contribution in [-0.4, -0.2) is 43.1 Å². The monoisotopic (exact) mass is 493 g/mol. The van der Waals surface area contributed by atoms with Gasteiger partial charge >= 0.3 is 0 Å². The van der Waals surface area contributed by atoms with Gasteiger partial charge in [0.1, 0.15) is 11.5 Å². The van der Waals surface area contributed by atoms with Crippen LogP contribution in [0.3, 0.4) is 0 Å². The number of hydrogen-bond acceptors (Lipinski definition) is 5. The number of likely N-dealkylation sites (tertiary alicyclic amines) is 1. The van der Waals surface area contributed by atoms with Crippen LogP contribution in [0.5, 0.6) is 11.5 Å². The number of rotatable bonds is 8. The lowest BCUT2D eigenvalue weighted by atomic mass is 9.93. The van der Waals surface area contributed by atoms with Crippen LogP contribution in [0.1, 0.15) is 41.3 Å². The molecule has 184 valence electrons. The first kappa shape index (κ1) is 25.0. The van der Waals surface area contributed by atoms with Crippen LogP contribution in [0, 0.1) is 12.8 Å². The number of carbonyl (C=O) groups excluding carboxylic acids is 1. The molecule has 0 bridgehead atoms. The molecule has 1 aromatic heterocycles. The quantitative estimate of drug-likeness (QED) is 0.468. The molecule has 0 radical (unpaired) electrons. The first-order valence-electron chi connectivity index (χ1n) is 11.9. The molecule has 1 aliphatic heterocycles. The van der Waals surface area contributed by atoms with Gasteiger partial charge in [-0.25, -0.2) is 0 Å². The summed E-state index contributed by atoms with van der Waals surface area (Å²) in [5.74, 6) is 1.60. The minimum absolute atomic E-state index is 0.0371. The van der Waals surface area contributed by atoms with Crippen molar-refractivity contribution < 1.29 is 14.3 Å². The van der Waals surface area contributed by atoms with E-state index in [2.05, 4.69) is 15.2 Å². The van der Waals surface area contributed by atoms with Gasteiger partial charge in [-0.2, -0.15) is 0 Å². The molecule has 3 aromatic rings. The normalized spacial score (nSPS) is 15.4. The molecule has 7 heteroatoms. The molecule has 1 unspecified atom stereocenters. The minimum Gasteiger partial charge on any atom is -0.497 e. The van der Waals surface area contributed by atoms with Crippen molar-refractivity contribution in [2.24, 2.45) is 5.92 Å². The fourth-order valence-corrected chi connectivity index (χ4v) is 4.72. The molecular weight excluding hydrogens is 462 g/mol. The summed E-state index contributed by atoms with van der Waals surface area (Å²) in [6, 6.07) is 17.2. The first-order valence-corrected chi connectivity index (χ1v) is 12.3. The van der Waals surface area contributed by atoms with Crippen LogP contribution in [0.25, 0.3) is 0 Å². The fraction of sp³-hybridized carbons (Fsp3) is 0.357. The number of hydrogen-bond donors (Lipinski definition) is 1. The van der Waals surface area contributed by atoms with Crippen LogP contribution in [0.15, 0.2) is 60.8 Å². The Morgan fingerprint density at radius 2 is 1.74 bits per heavy atom. The zero-order chi connectivity index (χ0) is 24.8. The molecule has 2 aromatic carbocycles. The summed E-state index contributed by atoms with van der Waals surface area (Å²) >= 11 is 6.11. The summed E-state index contributed by atoms with van der Waals surface area (Å²) < 4.78 is 10.8. The predicted molar refractivity (Wildman–Crippen MR) is 138 cm³/mol. The van der Waals surface area contributed by atoms with E-state index >= 15 is 0 Å². The van der Waals surface area contributed by atoms with Gasteiger partial charge in [0.05, 0.1) is 26.0 Å². The van der Waals surface area contributed by atoms with Gasteiger partial charge in [-0.3, -0.25) is 14.7 Å². The Morgan fingerprint density at radius 1 is 1.09 bits per heavy atom. The number of ether oxygens (including phenoxy) is 2. The van der Waals surface area contributed by atoms with E-state index in [1.807, 2.05) is 61.5 Å². The van der Waals surface area contributed by atoms with Crippen LogP contribution in [0.2, 0.25) is 5.02 Å². The average molecular weight is 494 g/mol. The first-order chi connectivity index (χ1) is 17.0. The molecule has 1 amide bonds. The van der Waals surface area contributed by atoms with Gasteiger partial charge in [-0.05, 0) is 79.9 Å². The van der Waals surface area contributed by atoms with Crippen LogP contribution in [0.4, 0.5) is 0 Å². The lowest BCUT2D eigenvalue weighted by Crippen LogP contribution is -2.41. The van der Waals surface area contributed by atoms with Gasteiger partial charge in [-0.15, -0.1) is 0 Å². The SMILES string of the molecule is COc1cc(CN2CCC(C(=O)NC(c3ccc(Cl)cc3)c3ncccc3C)CC2)cc(OC)c1. The second-order valence-corrected chi connectivity index (χ2v) is 9.41. The summed E-state index contributed by atoms with van der Waals surface area (Å²) in [4.78, 5) is 20.3. The molecule has 1 saturated heterocycles. The number of carbonyl (C=O) groups is 1.